The van der Waals surface area contributed by atoms with Crippen LogP contribution in [0, 0.1) is 11.3 Å². The Kier molecular flexibility index (Phi) is 8.88. The Bertz CT molecular complexity index is 1110. The van der Waals surface area contributed by atoms with E-state index in [4.69, 9.17) is 18.9 Å². The van der Waals surface area contributed by atoms with Crippen LogP contribution in [0.25, 0.3) is 6.08 Å². The van der Waals surface area contributed by atoms with Gasteiger partial charge in [0.2, 0.25) is 0 Å². The lowest BCUT2D eigenvalue weighted by atomic mass is 10.1. The molecule has 1 fully saturated rings. The second-order valence-electron chi connectivity index (χ2n) is 6.82. The molecule has 0 bridgehead atoms. The number of morpholine rings is 1. The summed E-state index contributed by atoms with van der Waals surface area (Å²) >= 11 is 6.72. The highest BCUT2D eigenvalue weighted by Gasteiger charge is 2.21. The monoisotopic (exact) mass is 578 g/mol. The number of benzene rings is 2. The molecule has 0 N–H and O–H groups in total. The Labute approximate surface area is 207 Å². The van der Waals surface area contributed by atoms with Gasteiger partial charge in [0.25, 0.3) is 5.91 Å². The van der Waals surface area contributed by atoms with Crippen molar-refractivity contribution in [3.8, 4) is 23.3 Å². The zero-order valence-corrected chi connectivity index (χ0v) is 20.8. The molecule has 3 rings (SSSR count). The Balaban J connectivity index is 1.68. The highest BCUT2D eigenvalue weighted by Crippen LogP contribution is 2.30. The lowest BCUT2D eigenvalue weighted by Gasteiger charge is -2.26. The number of hydrogen-bond acceptors (Lipinski definition) is 7. The lowest BCUT2D eigenvalue weighted by Crippen LogP contribution is -2.41. The van der Waals surface area contributed by atoms with Gasteiger partial charge in [-0.05, 0) is 57.9 Å². The molecule has 0 aliphatic carbocycles. The molecule has 8 nitrogen and oxygen atoms in total. The third-order valence-corrected chi connectivity index (χ3v) is 5.72. The van der Waals surface area contributed by atoms with Crippen molar-refractivity contribution in [2.24, 2.45) is 0 Å². The highest BCUT2D eigenvalue weighted by molar-refractivity contribution is 9.11. The number of rotatable bonds is 7. The smallest absolute Gasteiger partial charge is 0.349 e. The van der Waals surface area contributed by atoms with Crippen LogP contribution < -0.4 is 14.2 Å². The second-order valence-corrected chi connectivity index (χ2v) is 8.59. The summed E-state index contributed by atoms with van der Waals surface area (Å²) in [5.41, 5.74) is 0.553. The van der Waals surface area contributed by atoms with Crippen LogP contribution in [-0.2, 0) is 14.3 Å². The fourth-order valence-electron chi connectivity index (χ4n) is 2.98. The number of carbonyl (C=O) groups is 2. The molecule has 1 amide bonds. The molecule has 2 aromatic rings. The van der Waals surface area contributed by atoms with Crippen LogP contribution in [0.3, 0.4) is 0 Å². The van der Waals surface area contributed by atoms with Crippen LogP contribution in [0.5, 0.6) is 17.2 Å². The van der Waals surface area contributed by atoms with E-state index in [1.54, 1.807) is 35.2 Å². The summed E-state index contributed by atoms with van der Waals surface area (Å²) < 4.78 is 23.0. The molecule has 0 atom stereocenters. The largest absolute Gasteiger partial charge is 0.493 e. The normalized spacial score (nSPS) is 13.8. The molecule has 10 heteroatoms. The number of halogens is 2. The van der Waals surface area contributed by atoms with Crippen LogP contribution in [-0.4, -0.2) is 56.8 Å². The molecule has 0 radical (unpaired) electrons. The first kappa shape index (κ1) is 24.8. The average molecular weight is 580 g/mol. The van der Waals surface area contributed by atoms with Crippen molar-refractivity contribution in [2.45, 2.75) is 0 Å². The maximum absolute atomic E-state index is 12.6. The number of hydrogen-bond donors (Lipinski definition) is 0. The number of nitrogens with zero attached hydrogens (tertiary/aromatic N) is 2. The van der Waals surface area contributed by atoms with Gasteiger partial charge in [-0.25, -0.2) is 4.79 Å². The Morgan fingerprint density at radius 3 is 2.52 bits per heavy atom. The number of ether oxygens (including phenoxy) is 4. The standard InChI is InChI=1S/C23H20Br2N2O6/c1-30-21-11-15(10-16(13-26)23(29)27-6-8-31-9-7-27)2-4-20(21)33-22(28)14-32-19-5-3-17(24)12-18(19)25/h2-5,10-12H,6-9,14H2,1H3/b16-10+. The Morgan fingerprint density at radius 2 is 1.85 bits per heavy atom. The number of amides is 1. The van der Waals surface area contributed by atoms with Crippen molar-refractivity contribution < 1.29 is 28.5 Å². The van der Waals surface area contributed by atoms with Crippen LogP contribution in [0.4, 0.5) is 0 Å². The quantitative estimate of drug-likeness (QED) is 0.212. The van der Waals surface area contributed by atoms with E-state index >= 15 is 0 Å². The fourth-order valence-corrected chi connectivity index (χ4v) is 4.15. The van der Waals surface area contributed by atoms with E-state index in [-0.39, 0.29) is 29.6 Å². The molecule has 33 heavy (non-hydrogen) atoms. The van der Waals surface area contributed by atoms with Gasteiger partial charge in [0, 0.05) is 17.6 Å². The minimum absolute atomic E-state index is 0.00262. The van der Waals surface area contributed by atoms with Gasteiger partial charge in [-0.2, -0.15) is 5.26 Å². The zero-order valence-electron chi connectivity index (χ0n) is 17.7. The molecule has 2 aromatic carbocycles. The van der Waals surface area contributed by atoms with Crippen molar-refractivity contribution in [3.05, 3.63) is 56.5 Å². The molecule has 0 aromatic heterocycles. The van der Waals surface area contributed by atoms with Gasteiger partial charge < -0.3 is 23.8 Å². The summed E-state index contributed by atoms with van der Waals surface area (Å²) in [7, 11) is 1.43. The Hall–Kier alpha value is -2.87. The van der Waals surface area contributed by atoms with Gasteiger partial charge in [-0.1, -0.05) is 22.0 Å². The summed E-state index contributed by atoms with van der Waals surface area (Å²) in [5, 5.41) is 9.46. The van der Waals surface area contributed by atoms with Crippen LogP contribution in [0.1, 0.15) is 5.56 Å². The molecular weight excluding hydrogens is 560 g/mol. The SMILES string of the molecule is COc1cc(/C=C(\C#N)C(=O)N2CCOCC2)ccc1OC(=O)COc1ccc(Br)cc1Br. The predicted octanol–water partition coefficient (Wildman–Crippen LogP) is 3.97. The summed E-state index contributed by atoms with van der Waals surface area (Å²) in [6.45, 7) is 1.46. The lowest BCUT2D eigenvalue weighted by molar-refractivity contribution is -0.136. The first-order chi connectivity index (χ1) is 15.9. The molecule has 172 valence electrons. The zero-order chi connectivity index (χ0) is 23.8. The van der Waals surface area contributed by atoms with Crippen LogP contribution in [0.15, 0.2) is 50.9 Å². The molecule has 1 aliphatic rings. The van der Waals surface area contributed by atoms with Crippen molar-refractivity contribution in [2.75, 3.05) is 40.0 Å². The molecule has 0 unspecified atom stereocenters. The first-order valence-corrected chi connectivity index (χ1v) is 11.4. The highest BCUT2D eigenvalue weighted by atomic mass is 79.9. The van der Waals surface area contributed by atoms with E-state index < -0.39 is 5.97 Å². The molecule has 0 saturated carbocycles. The van der Waals surface area contributed by atoms with Crippen molar-refractivity contribution in [3.63, 3.8) is 0 Å². The van der Waals surface area contributed by atoms with E-state index in [1.807, 2.05) is 6.07 Å². The third kappa shape index (κ3) is 6.81. The van der Waals surface area contributed by atoms with E-state index in [0.29, 0.717) is 42.1 Å². The fraction of sp³-hybridized carbons (Fsp3) is 0.261. The van der Waals surface area contributed by atoms with E-state index in [0.717, 1.165) is 4.47 Å². The van der Waals surface area contributed by atoms with Gasteiger partial charge >= 0.3 is 5.97 Å². The average Bonchev–Trinajstić information content (AvgIpc) is 2.82. The van der Waals surface area contributed by atoms with Gasteiger partial charge in [0.1, 0.15) is 17.4 Å². The minimum atomic E-state index is -0.619. The van der Waals surface area contributed by atoms with Crippen LogP contribution in [0.2, 0.25) is 0 Å². The first-order valence-electron chi connectivity index (χ1n) is 9.86. The number of carbonyl (C=O) groups excluding carboxylic acids is 2. The number of methoxy groups -OCH3 is 1. The van der Waals surface area contributed by atoms with Crippen LogP contribution >= 0.6 is 31.9 Å². The topological polar surface area (TPSA) is 98.1 Å². The summed E-state index contributed by atoms with van der Waals surface area (Å²) in [5.74, 6) is -0.0103. The van der Waals surface area contributed by atoms with E-state index in [2.05, 4.69) is 31.9 Å². The summed E-state index contributed by atoms with van der Waals surface area (Å²) in [4.78, 5) is 26.4. The molecule has 0 spiro atoms. The second kappa shape index (κ2) is 11.8. The summed E-state index contributed by atoms with van der Waals surface area (Å²) in [6, 6.07) is 12.0. The van der Waals surface area contributed by atoms with Gasteiger partial charge in [0.05, 0.1) is 24.8 Å². The maximum Gasteiger partial charge on any atom is 0.349 e. The van der Waals surface area contributed by atoms with Crippen molar-refractivity contribution in [1.29, 1.82) is 5.26 Å². The van der Waals surface area contributed by atoms with Gasteiger partial charge in [0.15, 0.2) is 18.1 Å². The summed E-state index contributed by atoms with van der Waals surface area (Å²) in [6.07, 6.45) is 1.47. The minimum Gasteiger partial charge on any atom is -0.493 e. The van der Waals surface area contributed by atoms with Gasteiger partial charge in [-0.15, -0.1) is 0 Å². The molecular formula is C23H20Br2N2O6. The van der Waals surface area contributed by atoms with Gasteiger partial charge in [-0.3, -0.25) is 4.79 Å². The van der Waals surface area contributed by atoms with E-state index in [1.165, 1.54) is 19.3 Å². The third-order valence-electron chi connectivity index (χ3n) is 4.61. The predicted molar refractivity (Wildman–Crippen MR) is 127 cm³/mol. The van der Waals surface area contributed by atoms with Crippen molar-refractivity contribution in [1.82, 2.24) is 4.90 Å². The molecule has 1 aliphatic heterocycles. The maximum atomic E-state index is 12.6. The Morgan fingerprint density at radius 1 is 1.12 bits per heavy atom. The molecule has 1 saturated heterocycles. The molecule has 1 heterocycles. The number of nitriles is 1. The van der Waals surface area contributed by atoms with E-state index in [9.17, 15) is 14.9 Å². The van der Waals surface area contributed by atoms with Crippen molar-refractivity contribution >= 4 is 49.8 Å². The number of esters is 1.